The summed E-state index contributed by atoms with van der Waals surface area (Å²) < 4.78 is 33.4. The standard InChI is InChI=1S/C23H21ClN2O4S/c1-15-10-17-12-18(23(27)25-22(17)11-16(15)2)13-26(14-20-4-3-9-30-20)31(28,29)21-7-5-19(24)6-8-21/h3-12H,13-14H2,1-2H3,(H,25,27). The van der Waals surface area contributed by atoms with E-state index in [-0.39, 0.29) is 23.5 Å². The van der Waals surface area contributed by atoms with E-state index in [4.69, 9.17) is 16.0 Å². The Balaban J connectivity index is 1.77. The predicted molar refractivity (Wildman–Crippen MR) is 121 cm³/mol. The number of nitrogens with one attached hydrogen (secondary N) is 1. The van der Waals surface area contributed by atoms with Crippen molar-refractivity contribution in [1.82, 2.24) is 9.29 Å². The van der Waals surface area contributed by atoms with E-state index in [0.717, 1.165) is 22.0 Å². The average Bonchev–Trinajstić information content (AvgIpc) is 3.23. The lowest BCUT2D eigenvalue weighted by atomic mass is 10.0. The third-order valence-corrected chi connectivity index (χ3v) is 7.30. The van der Waals surface area contributed by atoms with Crippen LogP contribution in [-0.2, 0) is 23.1 Å². The summed E-state index contributed by atoms with van der Waals surface area (Å²) in [5.41, 5.74) is 2.90. The average molecular weight is 457 g/mol. The molecule has 31 heavy (non-hydrogen) atoms. The number of furan rings is 1. The van der Waals surface area contributed by atoms with Gasteiger partial charge in [0.2, 0.25) is 10.0 Å². The number of aromatic amines is 1. The van der Waals surface area contributed by atoms with Crippen LogP contribution in [0.3, 0.4) is 0 Å². The molecule has 0 unspecified atom stereocenters. The van der Waals surface area contributed by atoms with Crippen molar-refractivity contribution in [1.29, 1.82) is 0 Å². The van der Waals surface area contributed by atoms with Crippen LogP contribution < -0.4 is 5.56 Å². The minimum Gasteiger partial charge on any atom is -0.468 e. The number of hydrogen-bond donors (Lipinski definition) is 1. The van der Waals surface area contributed by atoms with Gasteiger partial charge in [-0.15, -0.1) is 0 Å². The van der Waals surface area contributed by atoms with Gasteiger partial charge in [0, 0.05) is 22.6 Å². The van der Waals surface area contributed by atoms with Crippen molar-refractivity contribution < 1.29 is 12.8 Å². The smallest absolute Gasteiger partial charge is 0.252 e. The van der Waals surface area contributed by atoms with Crippen molar-refractivity contribution in [2.75, 3.05) is 0 Å². The van der Waals surface area contributed by atoms with Gasteiger partial charge in [-0.3, -0.25) is 4.79 Å². The molecule has 2 heterocycles. The van der Waals surface area contributed by atoms with Crippen LogP contribution in [0.15, 0.2) is 75.0 Å². The van der Waals surface area contributed by atoms with Gasteiger partial charge in [0.15, 0.2) is 0 Å². The quantitative estimate of drug-likeness (QED) is 0.452. The van der Waals surface area contributed by atoms with Gasteiger partial charge in [-0.2, -0.15) is 4.31 Å². The highest BCUT2D eigenvalue weighted by atomic mass is 35.5. The number of H-pyrrole nitrogens is 1. The lowest BCUT2D eigenvalue weighted by Gasteiger charge is -2.21. The van der Waals surface area contributed by atoms with Gasteiger partial charge < -0.3 is 9.40 Å². The molecule has 0 saturated heterocycles. The van der Waals surface area contributed by atoms with Crippen LogP contribution in [0.5, 0.6) is 0 Å². The van der Waals surface area contributed by atoms with E-state index in [1.165, 1.54) is 34.8 Å². The van der Waals surface area contributed by atoms with Gasteiger partial charge in [-0.25, -0.2) is 8.42 Å². The molecule has 0 bridgehead atoms. The molecule has 0 aliphatic heterocycles. The largest absolute Gasteiger partial charge is 0.468 e. The van der Waals surface area contributed by atoms with Gasteiger partial charge in [-0.05, 0) is 85.0 Å². The van der Waals surface area contributed by atoms with Crippen LogP contribution in [0.4, 0.5) is 0 Å². The number of sulfonamides is 1. The summed E-state index contributed by atoms with van der Waals surface area (Å²) in [6.07, 6.45) is 1.48. The Labute approximate surface area is 185 Å². The lowest BCUT2D eigenvalue weighted by Crippen LogP contribution is -2.32. The van der Waals surface area contributed by atoms with E-state index in [1.54, 1.807) is 18.2 Å². The van der Waals surface area contributed by atoms with Crippen molar-refractivity contribution in [3.05, 3.63) is 98.7 Å². The fourth-order valence-corrected chi connectivity index (χ4v) is 4.90. The van der Waals surface area contributed by atoms with Gasteiger partial charge in [-0.1, -0.05) is 11.6 Å². The van der Waals surface area contributed by atoms with E-state index in [0.29, 0.717) is 16.3 Å². The molecule has 0 radical (unpaired) electrons. The molecular weight excluding hydrogens is 436 g/mol. The molecule has 4 aromatic rings. The van der Waals surface area contributed by atoms with E-state index >= 15 is 0 Å². The van der Waals surface area contributed by atoms with Crippen molar-refractivity contribution >= 4 is 32.5 Å². The van der Waals surface area contributed by atoms with Crippen molar-refractivity contribution in [2.24, 2.45) is 0 Å². The first-order valence-corrected chi connectivity index (χ1v) is 11.5. The summed E-state index contributed by atoms with van der Waals surface area (Å²) in [5.74, 6) is 0.473. The number of rotatable bonds is 6. The zero-order chi connectivity index (χ0) is 22.2. The Bertz CT molecular complexity index is 1390. The summed E-state index contributed by atoms with van der Waals surface area (Å²) in [6, 6.07) is 15.0. The van der Waals surface area contributed by atoms with E-state index in [2.05, 4.69) is 4.98 Å². The maximum Gasteiger partial charge on any atom is 0.252 e. The highest BCUT2D eigenvalue weighted by molar-refractivity contribution is 7.89. The maximum absolute atomic E-state index is 13.4. The molecule has 0 atom stereocenters. The minimum absolute atomic E-state index is 0.0115. The Kier molecular flexibility index (Phi) is 5.75. The van der Waals surface area contributed by atoms with E-state index < -0.39 is 10.0 Å². The SMILES string of the molecule is Cc1cc2cc(CN(Cc3ccco3)S(=O)(=O)c3ccc(Cl)cc3)c(=O)[nH]c2cc1C. The Morgan fingerprint density at radius 1 is 1.00 bits per heavy atom. The first-order valence-electron chi connectivity index (χ1n) is 9.65. The van der Waals surface area contributed by atoms with Crippen LogP contribution in [0.2, 0.25) is 5.02 Å². The number of benzene rings is 2. The van der Waals surface area contributed by atoms with Crippen LogP contribution in [0, 0.1) is 13.8 Å². The highest BCUT2D eigenvalue weighted by Gasteiger charge is 2.27. The summed E-state index contributed by atoms with van der Waals surface area (Å²) >= 11 is 5.92. The Morgan fingerprint density at radius 2 is 1.71 bits per heavy atom. The predicted octanol–water partition coefficient (Wildman–Crippen LogP) is 4.78. The molecule has 160 valence electrons. The molecule has 4 rings (SSSR count). The van der Waals surface area contributed by atoms with Gasteiger partial charge in [0.1, 0.15) is 5.76 Å². The maximum atomic E-state index is 13.4. The molecule has 0 saturated carbocycles. The summed E-state index contributed by atoms with van der Waals surface area (Å²) in [4.78, 5) is 15.7. The molecule has 8 heteroatoms. The van der Waals surface area contributed by atoms with Gasteiger partial charge >= 0.3 is 0 Å². The topological polar surface area (TPSA) is 83.4 Å². The van der Waals surface area contributed by atoms with E-state index in [9.17, 15) is 13.2 Å². The van der Waals surface area contributed by atoms with Crippen LogP contribution in [0.25, 0.3) is 10.9 Å². The summed E-state index contributed by atoms with van der Waals surface area (Å²) in [6.45, 7) is 3.85. The zero-order valence-electron chi connectivity index (χ0n) is 17.1. The molecule has 0 aliphatic rings. The second-order valence-electron chi connectivity index (χ2n) is 7.45. The number of hydrogen-bond acceptors (Lipinski definition) is 4. The molecular formula is C23H21ClN2O4S. The first-order chi connectivity index (χ1) is 14.7. The second-order valence-corrected chi connectivity index (χ2v) is 9.83. The first kappa shape index (κ1) is 21.4. The Hall–Kier alpha value is -2.87. The molecule has 2 aromatic heterocycles. The normalized spacial score (nSPS) is 12.0. The summed E-state index contributed by atoms with van der Waals surface area (Å²) in [7, 11) is -3.92. The molecule has 2 aromatic carbocycles. The molecule has 6 nitrogen and oxygen atoms in total. The van der Waals surface area contributed by atoms with Gasteiger partial charge in [0.05, 0.1) is 17.7 Å². The van der Waals surface area contributed by atoms with Crippen molar-refractivity contribution in [3.8, 4) is 0 Å². The third-order valence-electron chi connectivity index (χ3n) is 5.25. The molecule has 0 fully saturated rings. The molecule has 1 N–H and O–H groups in total. The number of fused-ring (bicyclic) bond motifs is 1. The number of halogens is 1. The number of nitrogens with zero attached hydrogens (tertiary/aromatic N) is 1. The highest BCUT2D eigenvalue weighted by Crippen LogP contribution is 2.24. The Morgan fingerprint density at radius 3 is 2.39 bits per heavy atom. The molecule has 0 amide bonds. The zero-order valence-corrected chi connectivity index (χ0v) is 18.6. The fraction of sp³-hybridized carbons (Fsp3) is 0.174. The monoisotopic (exact) mass is 456 g/mol. The third kappa shape index (κ3) is 4.44. The lowest BCUT2D eigenvalue weighted by molar-refractivity contribution is 0.357. The van der Waals surface area contributed by atoms with Crippen molar-refractivity contribution in [2.45, 2.75) is 31.8 Å². The minimum atomic E-state index is -3.92. The van der Waals surface area contributed by atoms with Crippen LogP contribution in [0.1, 0.15) is 22.5 Å². The van der Waals surface area contributed by atoms with E-state index in [1.807, 2.05) is 26.0 Å². The van der Waals surface area contributed by atoms with Crippen molar-refractivity contribution in [3.63, 3.8) is 0 Å². The number of aryl methyl sites for hydroxylation is 2. The fourth-order valence-electron chi connectivity index (χ4n) is 3.39. The summed E-state index contributed by atoms with van der Waals surface area (Å²) in [5, 5.41) is 1.28. The van der Waals surface area contributed by atoms with Crippen LogP contribution >= 0.6 is 11.6 Å². The number of aromatic nitrogens is 1. The van der Waals surface area contributed by atoms with Gasteiger partial charge in [0.25, 0.3) is 5.56 Å². The molecule has 0 aliphatic carbocycles. The number of pyridine rings is 1. The second kappa shape index (κ2) is 8.34. The van der Waals surface area contributed by atoms with Crippen LogP contribution in [-0.4, -0.2) is 17.7 Å². The molecule has 0 spiro atoms.